The van der Waals surface area contributed by atoms with Crippen LogP contribution in [0.5, 0.6) is 0 Å². The van der Waals surface area contributed by atoms with Gasteiger partial charge in [-0.2, -0.15) is 11.3 Å². The van der Waals surface area contributed by atoms with Crippen molar-refractivity contribution in [3.63, 3.8) is 0 Å². The monoisotopic (exact) mass is 329 g/mol. The van der Waals surface area contributed by atoms with Crippen molar-refractivity contribution in [1.82, 2.24) is 4.90 Å². The minimum absolute atomic E-state index is 0.0488. The van der Waals surface area contributed by atoms with Gasteiger partial charge in [0.15, 0.2) is 0 Å². The van der Waals surface area contributed by atoms with Crippen molar-refractivity contribution in [3.05, 3.63) is 88.3 Å². The number of carbonyl (C=O) groups is 1. The van der Waals surface area contributed by atoms with E-state index in [1.807, 2.05) is 78.0 Å². The SMILES string of the molecule is CC12C=CC=CN1C(c1ccsc1)=C(C#Cc1ccccc1)C2=O. The maximum absolute atomic E-state index is 13.1. The Kier molecular flexibility index (Phi) is 3.48. The summed E-state index contributed by atoms with van der Waals surface area (Å²) in [4.78, 5) is 15.1. The molecule has 2 aliphatic heterocycles. The van der Waals surface area contributed by atoms with Crippen molar-refractivity contribution in [2.24, 2.45) is 0 Å². The molecular weight excluding hydrogens is 314 g/mol. The molecule has 0 saturated heterocycles. The van der Waals surface area contributed by atoms with Gasteiger partial charge < -0.3 is 4.90 Å². The normalized spacial score (nSPS) is 21.7. The fraction of sp³-hybridized carbons (Fsp3) is 0.0952. The van der Waals surface area contributed by atoms with Crippen molar-refractivity contribution in [2.45, 2.75) is 12.5 Å². The van der Waals surface area contributed by atoms with E-state index in [9.17, 15) is 4.79 Å². The third-order valence-electron chi connectivity index (χ3n) is 4.33. The van der Waals surface area contributed by atoms with Gasteiger partial charge in [-0.1, -0.05) is 42.2 Å². The summed E-state index contributed by atoms with van der Waals surface area (Å²) in [5, 5.41) is 4.08. The molecule has 24 heavy (non-hydrogen) atoms. The lowest BCUT2D eigenvalue weighted by molar-refractivity contribution is -0.119. The highest BCUT2D eigenvalue weighted by atomic mass is 32.1. The number of thiophene rings is 1. The second-order valence-corrected chi connectivity index (χ2v) is 6.68. The summed E-state index contributed by atoms with van der Waals surface area (Å²) >= 11 is 1.62. The highest BCUT2D eigenvalue weighted by Crippen LogP contribution is 2.42. The summed E-state index contributed by atoms with van der Waals surface area (Å²) in [7, 11) is 0. The summed E-state index contributed by atoms with van der Waals surface area (Å²) in [6.07, 6.45) is 7.78. The molecule has 0 fully saturated rings. The fourth-order valence-electron chi connectivity index (χ4n) is 3.04. The molecule has 2 aromatic rings. The highest BCUT2D eigenvalue weighted by Gasteiger charge is 2.47. The van der Waals surface area contributed by atoms with Crippen LogP contribution in [-0.2, 0) is 4.79 Å². The number of nitrogens with zero attached hydrogens (tertiary/aromatic N) is 1. The molecule has 1 aromatic heterocycles. The summed E-state index contributed by atoms with van der Waals surface area (Å²) in [5.41, 5.74) is 2.73. The number of rotatable bonds is 1. The zero-order valence-corrected chi connectivity index (χ0v) is 14.0. The summed E-state index contributed by atoms with van der Waals surface area (Å²) in [6.45, 7) is 1.94. The molecule has 1 unspecified atom stereocenters. The number of fused-ring (bicyclic) bond motifs is 1. The van der Waals surface area contributed by atoms with Gasteiger partial charge >= 0.3 is 0 Å². The first-order valence-corrected chi connectivity index (χ1v) is 8.68. The van der Waals surface area contributed by atoms with Gasteiger partial charge in [-0.15, -0.1) is 0 Å². The molecular formula is C21H15NOS. The molecule has 3 heteroatoms. The summed E-state index contributed by atoms with van der Waals surface area (Å²) < 4.78 is 0. The van der Waals surface area contributed by atoms with Gasteiger partial charge in [0.05, 0.1) is 11.3 Å². The molecule has 0 aliphatic carbocycles. The van der Waals surface area contributed by atoms with Crippen molar-refractivity contribution >= 4 is 22.8 Å². The minimum atomic E-state index is -0.688. The van der Waals surface area contributed by atoms with Crippen LogP contribution < -0.4 is 0 Å². The number of ketones is 1. The van der Waals surface area contributed by atoms with Crippen molar-refractivity contribution in [1.29, 1.82) is 0 Å². The number of allylic oxidation sites excluding steroid dienone is 2. The Bertz CT molecular complexity index is 939. The van der Waals surface area contributed by atoms with Gasteiger partial charge in [-0.25, -0.2) is 0 Å². The lowest BCUT2D eigenvalue weighted by Crippen LogP contribution is -2.43. The number of Topliss-reactive ketones (excluding diaryl/α,β-unsaturated/α-hetero) is 1. The van der Waals surface area contributed by atoms with Crippen LogP contribution in [0.2, 0.25) is 0 Å². The Labute approximate surface area is 145 Å². The molecule has 3 heterocycles. The van der Waals surface area contributed by atoms with Gasteiger partial charge in [0, 0.05) is 22.7 Å². The van der Waals surface area contributed by atoms with E-state index in [1.165, 1.54) is 0 Å². The Hall–Kier alpha value is -2.83. The van der Waals surface area contributed by atoms with Crippen LogP contribution in [-0.4, -0.2) is 16.2 Å². The third-order valence-corrected chi connectivity index (χ3v) is 5.02. The lowest BCUT2D eigenvalue weighted by Gasteiger charge is -2.33. The molecule has 0 saturated carbocycles. The number of hydrogen-bond donors (Lipinski definition) is 0. The Morgan fingerprint density at radius 3 is 2.67 bits per heavy atom. The van der Waals surface area contributed by atoms with Crippen LogP contribution in [0, 0.1) is 11.8 Å². The summed E-state index contributed by atoms with van der Waals surface area (Å²) in [6, 6.07) is 11.8. The predicted molar refractivity (Wildman–Crippen MR) is 98.1 cm³/mol. The molecule has 0 bridgehead atoms. The zero-order chi connectivity index (χ0) is 16.6. The Balaban J connectivity index is 1.88. The average Bonchev–Trinajstić information content (AvgIpc) is 3.20. The quantitative estimate of drug-likeness (QED) is 0.730. The third kappa shape index (κ3) is 2.24. The van der Waals surface area contributed by atoms with E-state index in [-0.39, 0.29) is 5.78 Å². The van der Waals surface area contributed by atoms with E-state index in [0.717, 1.165) is 16.8 Å². The van der Waals surface area contributed by atoms with Gasteiger partial charge in [0.1, 0.15) is 5.54 Å². The van der Waals surface area contributed by atoms with E-state index in [4.69, 9.17) is 0 Å². The number of benzene rings is 1. The van der Waals surface area contributed by atoms with Crippen molar-refractivity contribution < 1.29 is 4.79 Å². The molecule has 116 valence electrons. The predicted octanol–water partition coefficient (Wildman–Crippen LogP) is 4.24. The minimum Gasteiger partial charge on any atom is -0.329 e. The smallest absolute Gasteiger partial charge is 0.202 e. The van der Waals surface area contributed by atoms with Crippen LogP contribution in [0.25, 0.3) is 5.70 Å². The van der Waals surface area contributed by atoms with Crippen molar-refractivity contribution in [2.75, 3.05) is 0 Å². The molecule has 2 aliphatic rings. The van der Waals surface area contributed by atoms with Crippen LogP contribution in [0.15, 0.2) is 77.2 Å². The molecule has 0 amide bonds. The molecule has 0 N–H and O–H groups in total. The molecule has 1 aromatic carbocycles. The first kappa shape index (κ1) is 14.7. The first-order chi connectivity index (χ1) is 11.7. The second-order valence-electron chi connectivity index (χ2n) is 5.90. The fourth-order valence-corrected chi connectivity index (χ4v) is 3.68. The maximum Gasteiger partial charge on any atom is 0.202 e. The van der Waals surface area contributed by atoms with Crippen LogP contribution >= 0.6 is 11.3 Å². The largest absolute Gasteiger partial charge is 0.329 e. The first-order valence-electron chi connectivity index (χ1n) is 7.74. The average molecular weight is 329 g/mol. The molecule has 1 atom stereocenters. The molecule has 2 nitrogen and oxygen atoms in total. The van der Waals surface area contributed by atoms with Crippen LogP contribution in [0.4, 0.5) is 0 Å². The molecule has 0 spiro atoms. The van der Waals surface area contributed by atoms with E-state index < -0.39 is 5.54 Å². The van der Waals surface area contributed by atoms with Crippen LogP contribution in [0.3, 0.4) is 0 Å². The topological polar surface area (TPSA) is 20.3 Å². The standard InChI is InChI=1S/C21H15NOS/c1-21-12-5-6-13-22(21)19(17-11-14-24-15-17)18(20(21)23)10-9-16-7-3-2-4-8-16/h2-8,11-15H,1H3. The maximum atomic E-state index is 13.1. The van der Waals surface area contributed by atoms with E-state index >= 15 is 0 Å². The number of carbonyl (C=O) groups excluding carboxylic acids is 1. The van der Waals surface area contributed by atoms with E-state index in [1.54, 1.807) is 11.3 Å². The highest BCUT2D eigenvalue weighted by molar-refractivity contribution is 7.08. The second kappa shape index (κ2) is 5.67. The van der Waals surface area contributed by atoms with Gasteiger partial charge in [-0.3, -0.25) is 4.79 Å². The van der Waals surface area contributed by atoms with Gasteiger partial charge in [0.25, 0.3) is 0 Å². The van der Waals surface area contributed by atoms with Crippen LogP contribution in [0.1, 0.15) is 18.1 Å². The van der Waals surface area contributed by atoms with Gasteiger partial charge in [0.2, 0.25) is 5.78 Å². The summed E-state index contributed by atoms with van der Waals surface area (Å²) in [5.74, 6) is 6.33. The lowest BCUT2D eigenvalue weighted by atomic mass is 9.92. The van der Waals surface area contributed by atoms with E-state index in [2.05, 4.69) is 17.2 Å². The molecule has 0 radical (unpaired) electrons. The van der Waals surface area contributed by atoms with Crippen molar-refractivity contribution in [3.8, 4) is 11.8 Å². The molecule has 4 rings (SSSR count). The van der Waals surface area contributed by atoms with Gasteiger partial charge in [-0.05, 0) is 36.6 Å². The zero-order valence-electron chi connectivity index (χ0n) is 13.2. The Morgan fingerprint density at radius 2 is 1.92 bits per heavy atom. The Morgan fingerprint density at radius 1 is 1.08 bits per heavy atom. The van der Waals surface area contributed by atoms with E-state index in [0.29, 0.717) is 5.57 Å². The number of hydrogen-bond acceptors (Lipinski definition) is 3.